The highest BCUT2D eigenvalue weighted by atomic mass is 15.3. The Morgan fingerprint density at radius 1 is 1.30 bits per heavy atom. The molecule has 0 radical (unpaired) electrons. The largest absolute Gasteiger partial charge is 0.356 e. The van der Waals surface area contributed by atoms with E-state index in [1.165, 1.54) is 16.8 Å². The van der Waals surface area contributed by atoms with Gasteiger partial charge in [0.15, 0.2) is 5.96 Å². The molecule has 1 aromatic carbocycles. The Bertz CT molecular complexity index is 657. The molecule has 0 saturated heterocycles. The zero-order chi connectivity index (χ0) is 16.8. The normalized spacial score (nSPS) is 13.0. The van der Waals surface area contributed by atoms with Gasteiger partial charge in [-0.15, -0.1) is 0 Å². The number of nitrogens with zero attached hydrogens (tertiary/aromatic N) is 3. The van der Waals surface area contributed by atoms with Crippen LogP contribution < -0.4 is 5.32 Å². The fourth-order valence-electron chi connectivity index (χ4n) is 2.70. The van der Waals surface area contributed by atoms with Crippen molar-refractivity contribution in [2.45, 2.75) is 26.3 Å². The monoisotopic (exact) mass is 312 g/mol. The summed E-state index contributed by atoms with van der Waals surface area (Å²) in [5.41, 5.74) is 3.93. The molecule has 23 heavy (non-hydrogen) atoms. The van der Waals surface area contributed by atoms with Crippen molar-refractivity contribution in [1.29, 1.82) is 0 Å². The Morgan fingerprint density at radius 3 is 2.70 bits per heavy atom. The molecular weight excluding hydrogens is 284 g/mol. The molecule has 124 valence electrons. The number of hydrogen-bond donors (Lipinski definition) is 1. The lowest BCUT2D eigenvalue weighted by Gasteiger charge is -2.24. The first kappa shape index (κ1) is 17.1. The van der Waals surface area contributed by atoms with Crippen LogP contribution in [-0.4, -0.2) is 36.1 Å². The van der Waals surface area contributed by atoms with Gasteiger partial charge in [0.2, 0.25) is 0 Å². The predicted octanol–water partition coefficient (Wildman–Crippen LogP) is 3.14. The summed E-state index contributed by atoms with van der Waals surface area (Å²) in [7, 11) is 5.97. The van der Waals surface area contributed by atoms with Crippen molar-refractivity contribution in [3.8, 4) is 0 Å². The van der Waals surface area contributed by atoms with E-state index in [1.54, 1.807) is 0 Å². The van der Waals surface area contributed by atoms with Crippen molar-refractivity contribution in [3.63, 3.8) is 0 Å². The molecule has 0 aliphatic rings. The maximum atomic E-state index is 4.40. The lowest BCUT2D eigenvalue weighted by molar-refractivity contribution is 0.459. The van der Waals surface area contributed by atoms with Crippen LogP contribution in [0.3, 0.4) is 0 Å². The van der Waals surface area contributed by atoms with E-state index in [-0.39, 0.29) is 0 Å². The van der Waals surface area contributed by atoms with Gasteiger partial charge in [-0.25, -0.2) is 0 Å². The van der Waals surface area contributed by atoms with Gasteiger partial charge in [-0.3, -0.25) is 4.99 Å². The average Bonchev–Trinajstić information content (AvgIpc) is 2.92. The first-order valence-electron chi connectivity index (χ1n) is 8.09. The molecule has 1 atom stereocenters. The second kappa shape index (κ2) is 7.86. The molecule has 0 bridgehead atoms. The number of nitrogens with one attached hydrogen (secondary N) is 1. The number of guanidine groups is 1. The minimum Gasteiger partial charge on any atom is -0.356 e. The van der Waals surface area contributed by atoms with Crippen LogP contribution in [0.4, 0.5) is 0 Å². The summed E-state index contributed by atoms with van der Waals surface area (Å²) in [6, 6.07) is 12.9. The minimum atomic E-state index is 0.440. The lowest BCUT2D eigenvalue weighted by Crippen LogP contribution is -2.40. The van der Waals surface area contributed by atoms with Crippen molar-refractivity contribution in [3.05, 3.63) is 59.4 Å². The van der Waals surface area contributed by atoms with Gasteiger partial charge in [0.25, 0.3) is 0 Å². The SMILES string of the molecule is CN=C(NCC(C)c1cccc(C)c1)N(C)Cc1cccn1C. The van der Waals surface area contributed by atoms with Gasteiger partial charge >= 0.3 is 0 Å². The number of aromatic nitrogens is 1. The van der Waals surface area contributed by atoms with Crippen LogP contribution in [-0.2, 0) is 13.6 Å². The van der Waals surface area contributed by atoms with Gasteiger partial charge in [-0.2, -0.15) is 0 Å². The number of rotatable bonds is 5. The Hall–Kier alpha value is -2.23. The van der Waals surface area contributed by atoms with E-state index >= 15 is 0 Å². The Labute approximate surface area is 139 Å². The summed E-state index contributed by atoms with van der Waals surface area (Å²) < 4.78 is 2.14. The van der Waals surface area contributed by atoms with Gasteiger partial charge in [-0.1, -0.05) is 36.8 Å². The van der Waals surface area contributed by atoms with E-state index in [9.17, 15) is 0 Å². The van der Waals surface area contributed by atoms with Crippen LogP contribution in [0.2, 0.25) is 0 Å². The smallest absolute Gasteiger partial charge is 0.193 e. The summed E-state index contributed by atoms with van der Waals surface area (Å²) in [5, 5.41) is 3.49. The van der Waals surface area contributed by atoms with Crippen LogP contribution in [0.5, 0.6) is 0 Å². The number of aryl methyl sites for hydroxylation is 2. The zero-order valence-electron chi connectivity index (χ0n) is 14.9. The second-order valence-electron chi connectivity index (χ2n) is 6.21. The molecule has 0 fully saturated rings. The first-order valence-corrected chi connectivity index (χ1v) is 8.09. The summed E-state index contributed by atoms with van der Waals surface area (Å²) >= 11 is 0. The minimum absolute atomic E-state index is 0.440. The molecule has 0 aliphatic carbocycles. The van der Waals surface area contributed by atoms with Gasteiger partial charge in [0.1, 0.15) is 0 Å². The maximum absolute atomic E-state index is 4.40. The topological polar surface area (TPSA) is 32.6 Å². The van der Waals surface area contributed by atoms with Gasteiger partial charge in [0, 0.05) is 39.6 Å². The fraction of sp³-hybridized carbons (Fsp3) is 0.421. The molecule has 2 aromatic rings. The van der Waals surface area contributed by atoms with Gasteiger partial charge in [0.05, 0.1) is 6.54 Å². The molecule has 4 nitrogen and oxygen atoms in total. The number of hydrogen-bond acceptors (Lipinski definition) is 1. The summed E-state index contributed by atoms with van der Waals surface area (Å²) in [6.45, 7) is 6.08. The van der Waals surface area contributed by atoms with Crippen molar-refractivity contribution in [2.75, 3.05) is 20.6 Å². The summed E-state index contributed by atoms with van der Waals surface area (Å²) in [6.07, 6.45) is 2.07. The quantitative estimate of drug-likeness (QED) is 0.679. The van der Waals surface area contributed by atoms with Crippen molar-refractivity contribution < 1.29 is 0 Å². The van der Waals surface area contributed by atoms with E-state index in [4.69, 9.17) is 0 Å². The number of benzene rings is 1. The first-order chi connectivity index (χ1) is 11.0. The second-order valence-corrected chi connectivity index (χ2v) is 6.21. The van der Waals surface area contributed by atoms with E-state index < -0.39 is 0 Å². The van der Waals surface area contributed by atoms with Gasteiger partial charge < -0.3 is 14.8 Å². The summed E-state index contributed by atoms with van der Waals surface area (Å²) in [4.78, 5) is 6.55. The van der Waals surface area contributed by atoms with Crippen molar-refractivity contribution in [1.82, 2.24) is 14.8 Å². The van der Waals surface area contributed by atoms with E-state index in [0.29, 0.717) is 5.92 Å². The zero-order valence-corrected chi connectivity index (χ0v) is 14.9. The maximum Gasteiger partial charge on any atom is 0.193 e. The van der Waals surface area contributed by atoms with Crippen molar-refractivity contribution >= 4 is 5.96 Å². The Kier molecular flexibility index (Phi) is 5.85. The third-order valence-corrected chi connectivity index (χ3v) is 4.20. The van der Waals surface area contributed by atoms with Crippen LogP contribution in [0.1, 0.15) is 29.7 Å². The molecular formula is C19H28N4. The highest BCUT2D eigenvalue weighted by Crippen LogP contribution is 2.15. The predicted molar refractivity (Wildman–Crippen MR) is 97.8 cm³/mol. The molecule has 1 N–H and O–H groups in total. The number of aliphatic imine (C=N–C) groups is 1. The molecule has 0 spiro atoms. The van der Waals surface area contributed by atoms with Gasteiger partial charge in [-0.05, 0) is 30.5 Å². The highest BCUT2D eigenvalue weighted by molar-refractivity contribution is 5.79. The molecule has 0 aliphatic heterocycles. The van der Waals surface area contributed by atoms with E-state index in [1.807, 2.05) is 7.05 Å². The molecule has 4 heteroatoms. The van der Waals surface area contributed by atoms with Crippen LogP contribution >= 0.6 is 0 Å². The van der Waals surface area contributed by atoms with E-state index in [2.05, 4.69) is 90.3 Å². The third kappa shape index (κ3) is 4.62. The highest BCUT2D eigenvalue weighted by Gasteiger charge is 2.11. The van der Waals surface area contributed by atoms with Crippen LogP contribution in [0, 0.1) is 6.92 Å². The Morgan fingerprint density at radius 2 is 2.09 bits per heavy atom. The summed E-state index contributed by atoms with van der Waals surface area (Å²) in [5.74, 6) is 1.36. The lowest BCUT2D eigenvalue weighted by atomic mass is 9.99. The fourth-order valence-corrected chi connectivity index (χ4v) is 2.70. The molecule has 1 unspecified atom stereocenters. The average molecular weight is 312 g/mol. The molecule has 0 saturated carbocycles. The van der Waals surface area contributed by atoms with Crippen molar-refractivity contribution in [2.24, 2.45) is 12.0 Å². The molecule has 2 rings (SSSR count). The van der Waals surface area contributed by atoms with E-state index in [0.717, 1.165) is 19.0 Å². The standard InChI is InChI=1S/C19H28N4/c1-15-8-6-9-17(12-15)16(2)13-21-19(20-3)23(5)14-18-10-7-11-22(18)4/h6-12,16H,13-14H2,1-5H3,(H,20,21). The molecule has 1 aromatic heterocycles. The molecule has 1 heterocycles. The Balaban J connectivity index is 1.93. The van der Waals surface area contributed by atoms with Crippen LogP contribution in [0.15, 0.2) is 47.6 Å². The molecule has 0 amide bonds. The third-order valence-electron chi connectivity index (χ3n) is 4.20. The van der Waals surface area contributed by atoms with Crippen LogP contribution in [0.25, 0.3) is 0 Å².